The highest BCUT2D eigenvalue weighted by atomic mass is 19.1. The van der Waals surface area contributed by atoms with E-state index in [1.54, 1.807) is 12.3 Å². The lowest BCUT2D eigenvalue weighted by atomic mass is 9.77. The number of nitrogens with two attached hydrogens (primary N) is 1. The molecule has 17 heavy (non-hydrogen) atoms. The Labute approximate surface area is 102 Å². The molecule has 0 saturated heterocycles. The zero-order valence-corrected chi connectivity index (χ0v) is 10.4. The van der Waals surface area contributed by atoms with Gasteiger partial charge in [0.15, 0.2) is 0 Å². The summed E-state index contributed by atoms with van der Waals surface area (Å²) in [6, 6.07) is 2.81. The van der Waals surface area contributed by atoms with Crippen LogP contribution in [0.1, 0.15) is 50.8 Å². The first-order valence-corrected chi connectivity index (χ1v) is 6.58. The molecule has 1 aliphatic rings. The van der Waals surface area contributed by atoms with Crippen LogP contribution in [0.25, 0.3) is 0 Å². The standard InChI is InChI=1S/C14H21FN2/c1-2-10-5-7-11(8-6-10)13(16)14-12(15)4-3-9-17-14/h3-4,9-11,13H,2,5-8,16H2,1H3. The van der Waals surface area contributed by atoms with E-state index in [-0.39, 0.29) is 11.9 Å². The van der Waals surface area contributed by atoms with Crippen LogP contribution in [0.15, 0.2) is 18.3 Å². The largest absolute Gasteiger partial charge is 0.322 e. The third-order valence-electron chi connectivity index (χ3n) is 4.08. The van der Waals surface area contributed by atoms with E-state index in [1.165, 1.54) is 25.3 Å². The van der Waals surface area contributed by atoms with Gasteiger partial charge in [-0.05, 0) is 36.8 Å². The Morgan fingerprint density at radius 2 is 2.12 bits per heavy atom. The fraction of sp³-hybridized carbons (Fsp3) is 0.643. The number of hydrogen-bond donors (Lipinski definition) is 1. The number of hydrogen-bond acceptors (Lipinski definition) is 2. The Hall–Kier alpha value is -0.960. The lowest BCUT2D eigenvalue weighted by Crippen LogP contribution is -2.27. The van der Waals surface area contributed by atoms with E-state index < -0.39 is 0 Å². The third kappa shape index (κ3) is 2.83. The molecule has 0 aliphatic heterocycles. The predicted octanol–water partition coefficient (Wildman–Crippen LogP) is 3.44. The molecule has 0 aromatic carbocycles. The van der Waals surface area contributed by atoms with Gasteiger partial charge in [0.05, 0.1) is 11.7 Å². The molecule has 1 heterocycles. The first kappa shape index (κ1) is 12.5. The molecule has 1 aliphatic carbocycles. The van der Waals surface area contributed by atoms with E-state index in [2.05, 4.69) is 11.9 Å². The summed E-state index contributed by atoms with van der Waals surface area (Å²) >= 11 is 0. The Morgan fingerprint density at radius 3 is 2.71 bits per heavy atom. The summed E-state index contributed by atoms with van der Waals surface area (Å²) in [5.74, 6) is 0.965. The van der Waals surface area contributed by atoms with E-state index in [4.69, 9.17) is 5.73 Å². The van der Waals surface area contributed by atoms with Gasteiger partial charge in [0.25, 0.3) is 0 Å². The number of nitrogens with zero attached hydrogens (tertiary/aromatic N) is 1. The van der Waals surface area contributed by atoms with E-state index in [0.717, 1.165) is 18.8 Å². The Morgan fingerprint density at radius 1 is 1.41 bits per heavy atom. The molecule has 2 N–H and O–H groups in total. The number of halogens is 1. The second kappa shape index (κ2) is 5.58. The zero-order chi connectivity index (χ0) is 12.3. The molecule has 0 spiro atoms. The quantitative estimate of drug-likeness (QED) is 0.873. The molecule has 1 aromatic heterocycles. The van der Waals surface area contributed by atoms with Gasteiger partial charge in [-0.1, -0.05) is 26.2 Å². The van der Waals surface area contributed by atoms with Crippen molar-refractivity contribution >= 4 is 0 Å². The molecule has 0 bridgehead atoms. The molecule has 2 rings (SSSR count). The van der Waals surface area contributed by atoms with Gasteiger partial charge in [-0.3, -0.25) is 4.98 Å². The van der Waals surface area contributed by atoms with Crippen molar-refractivity contribution in [1.82, 2.24) is 4.98 Å². The topological polar surface area (TPSA) is 38.9 Å². The second-order valence-electron chi connectivity index (χ2n) is 5.09. The SMILES string of the molecule is CCC1CCC(C(N)c2ncccc2F)CC1. The minimum Gasteiger partial charge on any atom is -0.322 e. The molecular weight excluding hydrogens is 215 g/mol. The van der Waals surface area contributed by atoms with Crippen molar-refractivity contribution in [2.45, 2.75) is 45.1 Å². The Bertz CT molecular complexity index is 359. The lowest BCUT2D eigenvalue weighted by molar-refractivity contribution is 0.235. The number of rotatable bonds is 3. The summed E-state index contributed by atoms with van der Waals surface area (Å²) in [5, 5.41) is 0. The maximum Gasteiger partial charge on any atom is 0.146 e. The van der Waals surface area contributed by atoms with E-state index >= 15 is 0 Å². The molecule has 1 saturated carbocycles. The maximum absolute atomic E-state index is 13.6. The van der Waals surface area contributed by atoms with Crippen molar-refractivity contribution in [2.24, 2.45) is 17.6 Å². The van der Waals surface area contributed by atoms with Crippen LogP contribution in [0.3, 0.4) is 0 Å². The van der Waals surface area contributed by atoms with Crippen molar-refractivity contribution in [2.75, 3.05) is 0 Å². The first-order chi connectivity index (χ1) is 8.22. The van der Waals surface area contributed by atoms with Crippen molar-refractivity contribution < 1.29 is 4.39 Å². The summed E-state index contributed by atoms with van der Waals surface area (Å²) in [6.45, 7) is 2.24. The minimum atomic E-state index is -0.266. The van der Waals surface area contributed by atoms with Gasteiger partial charge in [0.1, 0.15) is 5.82 Å². The summed E-state index contributed by atoms with van der Waals surface area (Å²) in [5.41, 5.74) is 6.59. The number of pyridine rings is 1. The zero-order valence-electron chi connectivity index (χ0n) is 10.4. The highest BCUT2D eigenvalue weighted by Gasteiger charge is 2.27. The summed E-state index contributed by atoms with van der Waals surface area (Å²) < 4.78 is 13.6. The van der Waals surface area contributed by atoms with Crippen LogP contribution < -0.4 is 5.73 Å². The van der Waals surface area contributed by atoms with Gasteiger partial charge in [-0.2, -0.15) is 0 Å². The lowest BCUT2D eigenvalue weighted by Gasteiger charge is -2.31. The molecule has 1 fully saturated rings. The molecular formula is C14H21FN2. The van der Waals surface area contributed by atoms with Crippen LogP contribution in [-0.4, -0.2) is 4.98 Å². The van der Waals surface area contributed by atoms with Crippen molar-refractivity contribution in [1.29, 1.82) is 0 Å². The molecule has 0 radical (unpaired) electrons. The van der Waals surface area contributed by atoms with E-state index in [9.17, 15) is 4.39 Å². The first-order valence-electron chi connectivity index (χ1n) is 6.58. The van der Waals surface area contributed by atoms with Gasteiger partial charge in [-0.25, -0.2) is 4.39 Å². The fourth-order valence-corrected chi connectivity index (χ4v) is 2.82. The third-order valence-corrected chi connectivity index (χ3v) is 4.08. The van der Waals surface area contributed by atoms with E-state index in [1.807, 2.05) is 0 Å². The highest BCUT2D eigenvalue weighted by molar-refractivity contribution is 5.12. The van der Waals surface area contributed by atoms with Gasteiger partial charge in [0, 0.05) is 6.20 Å². The maximum atomic E-state index is 13.6. The second-order valence-corrected chi connectivity index (χ2v) is 5.09. The summed E-state index contributed by atoms with van der Waals surface area (Å²) in [7, 11) is 0. The van der Waals surface area contributed by atoms with Crippen LogP contribution >= 0.6 is 0 Å². The molecule has 1 atom stereocenters. The van der Waals surface area contributed by atoms with Crippen molar-refractivity contribution in [3.05, 3.63) is 29.8 Å². The van der Waals surface area contributed by atoms with Crippen LogP contribution in [0.2, 0.25) is 0 Å². The molecule has 1 aromatic rings. The molecule has 0 amide bonds. The fourth-order valence-electron chi connectivity index (χ4n) is 2.82. The normalized spacial score (nSPS) is 26.8. The molecule has 1 unspecified atom stereocenters. The molecule has 3 heteroatoms. The van der Waals surface area contributed by atoms with Gasteiger partial charge in [0.2, 0.25) is 0 Å². The smallest absolute Gasteiger partial charge is 0.146 e. The predicted molar refractivity (Wildman–Crippen MR) is 66.9 cm³/mol. The van der Waals surface area contributed by atoms with Crippen LogP contribution in [0.4, 0.5) is 4.39 Å². The van der Waals surface area contributed by atoms with Crippen molar-refractivity contribution in [3.63, 3.8) is 0 Å². The van der Waals surface area contributed by atoms with Crippen LogP contribution in [-0.2, 0) is 0 Å². The monoisotopic (exact) mass is 236 g/mol. The minimum absolute atomic E-state index is 0.242. The molecule has 94 valence electrons. The highest BCUT2D eigenvalue weighted by Crippen LogP contribution is 2.36. The summed E-state index contributed by atoms with van der Waals surface area (Å²) in [4.78, 5) is 4.09. The van der Waals surface area contributed by atoms with Gasteiger partial charge < -0.3 is 5.73 Å². The Balaban J connectivity index is 2.02. The summed E-state index contributed by atoms with van der Waals surface area (Å²) in [6.07, 6.45) is 7.54. The number of aromatic nitrogens is 1. The van der Waals surface area contributed by atoms with E-state index in [0.29, 0.717) is 11.6 Å². The van der Waals surface area contributed by atoms with Crippen LogP contribution in [0, 0.1) is 17.7 Å². The average Bonchev–Trinajstić information content (AvgIpc) is 2.39. The Kier molecular flexibility index (Phi) is 4.11. The van der Waals surface area contributed by atoms with Gasteiger partial charge >= 0.3 is 0 Å². The molecule has 2 nitrogen and oxygen atoms in total. The van der Waals surface area contributed by atoms with Gasteiger partial charge in [-0.15, -0.1) is 0 Å². The average molecular weight is 236 g/mol. The van der Waals surface area contributed by atoms with Crippen LogP contribution in [0.5, 0.6) is 0 Å². The van der Waals surface area contributed by atoms with Crippen molar-refractivity contribution in [3.8, 4) is 0 Å².